The molecule has 6 heteroatoms. The van der Waals surface area contributed by atoms with Crippen molar-refractivity contribution < 1.29 is 24.5 Å². The van der Waals surface area contributed by atoms with Gasteiger partial charge in [0.25, 0.3) is 0 Å². The summed E-state index contributed by atoms with van der Waals surface area (Å²) < 4.78 is 10.2. The number of aliphatic hydroxyl groups is 1. The van der Waals surface area contributed by atoms with E-state index < -0.39 is 5.97 Å². The molecule has 0 unspecified atom stereocenters. The van der Waals surface area contributed by atoms with Crippen molar-refractivity contribution in [2.75, 3.05) is 13.2 Å². The lowest BCUT2D eigenvalue weighted by atomic mass is 10.1. The Morgan fingerprint density at radius 2 is 2.00 bits per heavy atom. The molecular weight excluding hydrogens is 298 g/mol. The van der Waals surface area contributed by atoms with E-state index in [0.717, 1.165) is 0 Å². The lowest BCUT2D eigenvalue weighted by Crippen LogP contribution is -2.13. The average Bonchev–Trinajstić information content (AvgIpc) is 2.77. The Hall–Kier alpha value is -2.76. The summed E-state index contributed by atoms with van der Waals surface area (Å²) >= 11 is 0. The van der Waals surface area contributed by atoms with Gasteiger partial charge in [0, 0.05) is 0 Å². The Morgan fingerprint density at radius 3 is 2.65 bits per heavy atom. The fraction of sp³-hybridized carbons (Fsp3) is 0.294. The summed E-state index contributed by atoms with van der Waals surface area (Å²) in [5.74, 6) is -0.441. The number of hydrogen-bond acceptors (Lipinski definition) is 6. The molecule has 0 atom stereocenters. The third-order valence-electron chi connectivity index (χ3n) is 3.20. The van der Waals surface area contributed by atoms with Gasteiger partial charge >= 0.3 is 5.97 Å². The first kappa shape index (κ1) is 16.6. The number of aromatic hydroxyl groups is 1. The highest BCUT2D eigenvalue weighted by Crippen LogP contribution is 2.30. The summed E-state index contributed by atoms with van der Waals surface area (Å²) in [6, 6.07) is 4.79. The van der Waals surface area contributed by atoms with Crippen molar-refractivity contribution in [1.82, 2.24) is 0 Å². The number of ether oxygens (including phenoxy) is 2. The number of benzene rings is 1. The van der Waals surface area contributed by atoms with Gasteiger partial charge in [-0.05, 0) is 44.5 Å². The Bertz CT molecular complexity index is 716. The van der Waals surface area contributed by atoms with Crippen molar-refractivity contribution in [2.24, 2.45) is 4.99 Å². The SMILES string of the molecule is CCOC(=O)C1=C(O)C(=Cc2ccc(O)c(OCC)c2)N=C1C. The Labute approximate surface area is 134 Å². The number of aliphatic hydroxyl groups excluding tert-OH is 1. The predicted octanol–water partition coefficient (Wildman–Crippen LogP) is 2.98. The van der Waals surface area contributed by atoms with Crippen molar-refractivity contribution >= 4 is 17.8 Å². The van der Waals surface area contributed by atoms with Gasteiger partial charge in [-0.15, -0.1) is 0 Å². The molecule has 1 aromatic carbocycles. The van der Waals surface area contributed by atoms with E-state index in [1.807, 2.05) is 6.92 Å². The highest BCUT2D eigenvalue weighted by molar-refractivity contribution is 6.22. The molecule has 2 N–H and O–H groups in total. The molecule has 23 heavy (non-hydrogen) atoms. The summed E-state index contributed by atoms with van der Waals surface area (Å²) in [7, 11) is 0. The van der Waals surface area contributed by atoms with Crippen LogP contribution in [-0.2, 0) is 9.53 Å². The molecule has 2 rings (SSSR count). The summed E-state index contributed by atoms with van der Waals surface area (Å²) in [6.07, 6.45) is 1.60. The summed E-state index contributed by atoms with van der Waals surface area (Å²) in [4.78, 5) is 16.0. The number of carbonyl (C=O) groups excluding carboxylic acids is 1. The molecule has 6 nitrogen and oxygen atoms in total. The van der Waals surface area contributed by atoms with Crippen molar-refractivity contribution in [3.05, 3.63) is 40.8 Å². The van der Waals surface area contributed by atoms with Crippen LogP contribution in [0.5, 0.6) is 11.5 Å². The molecule has 0 saturated carbocycles. The van der Waals surface area contributed by atoms with Crippen LogP contribution in [0.3, 0.4) is 0 Å². The zero-order valence-electron chi connectivity index (χ0n) is 13.3. The van der Waals surface area contributed by atoms with Crippen LogP contribution in [0.25, 0.3) is 6.08 Å². The first-order valence-electron chi connectivity index (χ1n) is 7.31. The molecule has 0 bridgehead atoms. The fourth-order valence-electron chi connectivity index (χ4n) is 2.19. The van der Waals surface area contributed by atoms with Crippen LogP contribution in [0.1, 0.15) is 26.3 Å². The van der Waals surface area contributed by atoms with Crippen molar-refractivity contribution in [2.45, 2.75) is 20.8 Å². The largest absolute Gasteiger partial charge is 0.505 e. The van der Waals surface area contributed by atoms with Crippen LogP contribution in [0.15, 0.2) is 40.2 Å². The molecule has 0 fully saturated rings. The summed E-state index contributed by atoms with van der Waals surface area (Å²) in [5, 5.41) is 19.9. The van der Waals surface area contributed by atoms with E-state index in [2.05, 4.69) is 4.99 Å². The zero-order chi connectivity index (χ0) is 17.0. The topological polar surface area (TPSA) is 88.4 Å². The minimum absolute atomic E-state index is 0.0343. The van der Waals surface area contributed by atoms with Gasteiger partial charge in [0.15, 0.2) is 17.3 Å². The fourth-order valence-corrected chi connectivity index (χ4v) is 2.19. The quantitative estimate of drug-likeness (QED) is 0.815. The smallest absolute Gasteiger partial charge is 0.343 e. The standard InChI is InChI=1S/C17H19NO5/c1-4-22-14-9-11(6-7-13(14)19)8-12-16(20)15(10(3)18-12)17(21)23-5-2/h6-9,19-20H,4-5H2,1-3H3. The first-order valence-corrected chi connectivity index (χ1v) is 7.31. The van der Waals surface area contributed by atoms with Gasteiger partial charge < -0.3 is 19.7 Å². The Balaban J connectivity index is 2.37. The molecule has 0 spiro atoms. The van der Waals surface area contributed by atoms with E-state index in [9.17, 15) is 15.0 Å². The van der Waals surface area contributed by atoms with Crippen LogP contribution in [0.4, 0.5) is 0 Å². The normalized spacial score (nSPS) is 15.8. The first-order chi connectivity index (χ1) is 11.0. The number of phenolic OH excluding ortho intramolecular Hbond substituents is 1. The third kappa shape index (κ3) is 3.53. The number of phenols is 1. The van der Waals surface area contributed by atoms with Crippen molar-refractivity contribution in [1.29, 1.82) is 0 Å². The lowest BCUT2D eigenvalue weighted by Gasteiger charge is -2.06. The molecule has 1 aromatic rings. The maximum atomic E-state index is 11.8. The van der Waals surface area contributed by atoms with E-state index in [1.165, 1.54) is 6.07 Å². The van der Waals surface area contributed by atoms with Gasteiger partial charge in [0.1, 0.15) is 11.3 Å². The van der Waals surface area contributed by atoms with Crippen LogP contribution >= 0.6 is 0 Å². The highest BCUT2D eigenvalue weighted by atomic mass is 16.5. The van der Waals surface area contributed by atoms with Crippen molar-refractivity contribution in [3.8, 4) is 11.5 Å². The van der Waals surface area contributed by atoms with E-state index in [-0.39, 0.29) is 29.4 Å². The summed E-state index contributed by atoms with van der Waals surface area (Å²) in [5.41, 5.74) is 1.41. The van der Waals surface area contributed by atoms with Crippen LogP contribution in [0.2, 0.25) is 0 Å². The maximum absolute atomic E-state index is 11.8. The number of nitrogens with zero attached hydrogens (tertiary/aromatic N) is 1. The highest BCUT2D eigenvalue weighted by Gasteiger charge is 2.27. The molecule has 0 saturated heterocycles. The van der Waals surface area contributed by atoms with Crippen LogP contribution in [-0.4, -0.2) is 35.1 Å². The van der Waals surface area contributed by atoms with E-state index in [4.69, 9.17) is 9.47 Å². The van der Waals surface area contributed by atoms with Gasteiger partial charge in [-0.2, -0.15) is 0 Å². The monoisotopic (exact) mass is 317 g/mol. The lowest BCUT2D eigenvalue weighted by molar-refractivity contribution is -0.138. The number of rotatable bonds is 5. The van der Waals surface area contributed by atoms with Gasteiger partial charge in [0.05, 0.1) is 18.9 Å². The second kappa shape index (κ2) is 7.00. The Morgan fingerprint density at radius 1 is 1.26 bits per heavy atom. The van der Waals surface area contributed by atoms with Gasteiger partial charge in [-0.25, -0.2) is 9.79 Å². The van der Waals surface area contributed by atoms with Gasteiger partial charge in [-0.3, -0.25) is 0 Å². The number of aliphatic imine (C=N–C) groups is 1. The van der Waals surface area contributed by atoms with Crippen molar-refractivity contribution in [3.63, 3.8) is 0 Å². The van der Waals surface area contributed by atoms with Crippen LogP contribution < -0.4 is 4.74 Å². The number of carbonyl (C=O) groups is 1. The predicted molar refractivity (Wildman–Crippen MR) is 86.6 cm³/mol. The minimum atomic E-state index is -0.602. The molecule has 0 aromatic heterocycles. The molecule has 0 radical (unpaired) electrons. The zero-order valence-corrected chi connectivity index (χ0v) is 13.3. The second-order valence-corrected chi connectivity index (χ2v) is 4.83. The molecule has 0 aliphatic carbocycles. The van der Waals surface area contributed by atoms with E-state index in [1.54, 1.807) is 32.1 Å². The molecule has 1 heterocycles. The molecule has 1 aliphatic heterocycles. The van der Waals surface area contributed by atoms with E-state index in [0.29, 0.717) is 23.6 Å². The summed E-state index contributed by atoms with van der Waals surface area (Å²) in [6.45, 7) is 5.78. The third-order valence-corrected chi connectivity index (χ3v) is 3.20. The molecule has 0 amide bonds. The van der Waals surface area contributed by atoms with Gasteiger partial charge in [0.2, 0.25) is 0 Å². The maximum Gasteiger partial charge on any atom is 0.343 e. The number of esters is 1. The average molecular weight is 317 g/mol. The number of hydrogen-bond donors (Lipinski definition) is 2. The molecular formula is C17H19NO5. The van der Waals surface area contributed by atoms with Gasteiger partial charge in [-0.1, -0.05) is 6.07 Å². The second-order valence-electron chi connectivity index (χ2n) is 4.83. The molecule has 122 valence electrons. The molecule has 1 aliphatic rings. The minimum Gasteiger partial charge on any atom is -0.505 e. The van der Waals surface area contributed by atoms with E-state index >= 15 is 0 Å². The Kier molecular flexibility index (Phi) is 5.05. The van der Waals surface area contributed by atoms with Crippen LogP contribution in [0, 0.1) is 0 Å².